The molecule has 1 heterocycles. The lowest BCUT2D eigenvalue weighted by Gasteiger charge is -2.04. The van der Waals surface area contributed by atoms with Crippen LogP contribution in [0, 0.1) is 10.1 Å². The zero-order valence-corrected chi connectivity index (χ0v) is 11.3. The van der Waals surface area contributed by atoms with Crippen molar-refractivity contribution >= 4 is 39.4 Å². The zero-order chi connectivity index (χ0) is 14.2. The van der Waals surface area contributed by atoms with Gasteiger partial charge in [-0.05, 0) is 22.0 Å². The highest BCUT2D eigenvalue weighted by Crippen LogP contribution is 2.26. The Morgan fingerprint density at radius 1 is 1.53 bits per heavy atom. The summed E-state index contributed by atoms with van der Waals surface area (Å²) in [4.78, 5) is 24.5. The number of carboxylic acid groups (broad SMARTS) is 1. The van der Waals surface area contributed by atoms with Gasteiger partial charge in [0, 0.05) is 21.0 Å². The first-order valence-electron chi connectivity index (χ1n) is 4.71. The van der Waals surface area contributed by atoms with Crippen LogP contribution in [0.25, 0.3) is 5.69 Å². The lowest BCUT2D eigenvalue weighted by atomic mass is 10.2. The van der Waals surface area contributed by atoms with E-state index in [0.29, 0.717) is 0 Å². The fourth-order valence-corrected chi connectivity index (χ4v) is 2.09. The molecular weight excluding hydrogens is 343 g/mol. The Bertz CT molecular complexity index is 687. The van der Waals surface area contributed by atoms with Crippen LogP contribution in [0.3, 0.4) is 0 Å². The van der Waals surface area contributed by atoms with Crippen LogP contribution < -0.4 is 0 Å². The number of nitrogens with zero attached hydrogens (tertiary/aromatic N) is 4. The maximum absolute atomic E-state index is 11.2. The molecule has 0 saturated carbocycles. The molecule has 0 aliphatic rings. The maximum Gasteiger partial charge on any atom is 0.492 e. The highest BCUT2D eigenvalue weighted by Gasteiger charge is 2.25. The molecule has 0 bridgehead atoms. The van der Waals surface area contributed by atoms with Crippen LogP contribution in [0.1, 0.15) is 10.4 Å². The van der Waals surface area contributed by atoms with Crippen molar-refractivity contribution in [2.75, 3.05) is 0 Å². The second kappa shape index (κ2) is 4.94. The Hall–Kier alpha value is -2.00. The molecule has 1 aromatic carbocycles. The number of carbonyl (C=O) groups is 1. The minimum absolute atomic E-state index is 0.00367. The monoisotopic (exact) mass is 346 g/mol. The van der Waals surface area contributed by atoms with Crippen LogP contribution in [-0.4, -0.2) is 30.8 Å². The van der Waals surface area contributed by atoms with Gasteiger partial charge in [0.1, 0.15) is 11.3 Å². The summed E-state index contributed by atoms with van der Waals surface area (Å²) in [7, 11) is 0. The fraction of sp³-hybridized carbons (Fsp3) is 0. The molecule has 0 amide bonds. The molecule has 2 aromatic rings. The van der Waals surface area contributed by atoms with Crippen LogP contribution in [0.2, 0.25) is 5.02 Å². The van der Waals surface area contributed by atoms with Crippen molar-refractivity contribution in [1.29, 1.82) is 0 Å². The number of benzene rings is 1. The van der Waals surface area contributed by atoms with Crippen LogP contribution in [0.4, 0.5) is 5.95 Å². The van der Waals surface area contributed by atoms with Crippen molar-refractivity contribution in [3.05, 3.63) is 43.6 Å². The summed E-state index contributed by atoms with van der Waals surface area (Å²) in [5, 5.41) is 23.3. The lowest BCUT2D eigenvalue weighted by Crippen LogP contribution is -2.08. The van der Waals surface area contributed by atoms with Crippen LogP contribution in [-0.2, 0) is 0 Å². The first-order valence-corrected chi connectivity index (χ1v) is 5.88. The topological polar surface area (TPSA) is 111 Å². The summed E-state index contributed by atoms with van der Waals surface area (Å²) in [5.74, 6) is -1.92. The molecule has 10 heteroatoms. The van der Waals surface area contributed by atoms with Gasteiger partial charge >= 0.3 is 11.9 Å². The van der Waals surface area contributed by atoms with E-state index in [1.54, 1.807) is 0 Å². The SMILES string of the molecule is O=C(O)c1c(Cl)cccc1-n1nc([N+](=O)[O-])nc1Br. The van der Waals surface area contributed by atoms with E-state index in [1.807, 2.05) is 0 Å². The summed E-state index contributed by atoms with van der Waals surface area (Å²) >= 11 is 8.78. The molecule has 1 aromatic heterocycles. The minimum atomic E-state index is -1.27. The van der Waals surface area contributed by atoms with Gasteiger partial charge in [0.2, 0.25) is 0 Å². The van der Waals surface area contributed by atoms with E-state index in [2.05, 4.69) is 26.0 Å². The summed E-state index contributed by atoms with van der Waals surface area (Å²) in [6, 6.07) is 4.32. The predicted octanol–water partition coefficient (Wildman–Crippen LogP) is 2.29. The first kappa shape index (κ1) is 13.4. The van der Waals surface area contributed by atoms with E-state index >= 15 is 0 Å². The van der Waals surface area contributed by atoms with Gasteiger partial charge in [-0.2, -0.15) is 0 Å². The average molecular weight is 348 g/mol. The number of rotatable bonds is 3. The molecular formula is C9H4BrClN4O4. The van der Waals surface area contributed by atoms with Crippen molar-refractivity contribution in [3.8, 4) is 5.69 Å². The summed E-state index contributed by atoms with van der Waals surface area (Å²) in [6.07, 6.45) is 0. The molecule has 0 radical (unpaired) electrons. The van der Waals surface area contributed by atoms with Gasteiger partial charge in [0.15, 0.2) is 0 Å². The van der Waals surface area contributed by atoms with Crippen molar-refractivity contribution in [1.82, 2.24) is 14.8 Å². The van der Waals surface area contributed by atoms with E-state index in [1.165, 1.54) is 18.2 Å². The zero-order valence-electron chi connectivity index (χ0n) is 8.95. The third-order valence-electron chi connectivity index (χ3n) is 2.15. The number of hydrogen-bond donors (Lipinski definition) is 1. The molecule has 0 unspecified atom stereocenters. The normalized spacial score (nSPS) is 10.4. The van der Waals surface area contributed by atoms with E-state index < -0.39 is 16.8 Å². The Morgan fingerprint density at radius 3 is 2.74 bits per heavy atom. The van der Waals surface area contributed by atoms with Crippen LogP contribution >= 0.6 is 27.5 Å². The highest BCUT2D eigenvalue weighted by atomic mass is 79.9. The van der Waals surface area contributed by atoms with Gasteiger partial charge in [0.25, 0.3) is 4.73 Å². The Kier molecular flexibility index (Phi) is 3.49. The first-order chi connectivity index (χ1) is 8.91. The number of nitro groups is 1. The number of halogens is 2. The number of hydrogen-bond acceptors (Lipinski definition) is 5. The van der Waals surface area contributed by atoms with E-state index in [-0.39, 0.29) is 21.0 Å². The molecule has 0 aliphatic carbocycles. The minimum Gasteiger partial charge on any atom is -0.478 e. The van der Waals surface area contributed by atoms with E-state index in [0.717, 1.165) is 4.68 Å². The highest BCUT2D eigenvalue weighted by molar-refractivity contribution is 9.10. The molecule has 8 nitrogen and oxygen atoms in total. The van der Waals surface area contributed by atoms with Gasteiger partial charge in [-0.15, -0.1) is 4.68 Å². The summed E-state index contributed by atoms with van der Waals surface area (Å²) < 4.78 is 0.997. The third kappa shape index (κ3) is 2.42. The average Bonchev–Trinajstić information content (AvgIpc) is 2.70. The van der Waals surface area contributed by atoms with Crippen molar-refractivity contribution in [3.63, 3.8) is 0 Å². The van der Waals surface area contributed by atoms with Gasteiger partial charge < -0.3 is 15.2 Å². The van der Waals surface area contributed by atoms with E-state index in [9.17, 15) is 14.9 Å². The van der Waals surface area contributed by atoms with Gasteiger partial charge in [0.05, 0.1) is 5.02 Å². The number of aromatic carboxylic acids is 1. The third-order valence-corrected chi connectivity index (χ3v) is 2.98. The second-order valence-electron chi connectivity index (χ2n) is 3.29. The van der Waals surface area contributed by atoms with Crippen LogP contribution in [0.15, 0.2) is 22.9 Å². The van der Waals surface area contributed by atoms with Gasteiger partial charge in [-0.3, -0.25) is 0 Å². The largest absolute Gasteiger partial charge is 0.492 e. The molecule has 0 fully saturated rings. The molecule has 2 rings (SSSR count). The summed E-state index contributed by atoms with van der Waals surface area (Å²) in [6.45, 7) is 0. The van der Waals surface area contributed by atoms with Crippen molar-refractivity contribution in [2.24, 2.45) is 0 Å². The summed E-state index contributed by atoms with van der Waals surface area (Å²) in [5.41, 5.74) is -0.142. The Balaban J connectivity index is 2.69. The molecule has 0 spiro atoms. The maximum atomic E-state index is 11.2. The fourth-order valence-electron chi connectivity index (χ4n) is 1.41. The molecule has 19 heavy (non-hydrogen) atoms. The smallest absolute Gasteiger partial charge is 0.478 e. The van der Waals surface area contributed by atoms with E-state index in [4.69, 9.17) is 16.7 Å². The Labute approximate surface area is 118 Å². The van der Waals surface area contributed by atoms with Crippen molar-refractivity contribution in [2.45, 2.75) is 0 Å². The predicted molar refractivity (Wildman–Crippen MR) is 67.7 cm³/mol. The van der Waals surface area contributed by atoms with Gasteiger partial charge in [-0.25, -0.2) is 4.79 Å². The van der Waals surface area contributed by atoms with Crippen molar-refractivity contribution < 1.29 is 14.8 Å². The molecule has 0 saturated heterocycles. The van der Waals surface area contributed by atoms with Gasteiger partial charge in [-0.1, -0.05) is 17.7 Å². The molecule has 98 valence electrons. The standard InChI is InChI=1S/C9H4BrClN4O4/c10-8-12-9(15(18)19)13-14(8)5-3-1-2-4(11)6(5)7(16)17/h1-3H,(H,16,17). The molecule has 0 atom stereocenters. The number of aromatic nitrogens is 3. The molecule has 0 aliphatic heterocycles. The quantitative estimate of drug-likeness (QED) is 0.673. The van der Waals surface area contributed by atoms with Crippen LogP contribution in [0.5, 0.6) is 0 Å². The Morgan fingerprint density at radius 2 is 2.21 bits per heavy atom. The second-order valence-corrected chi connectivity index (χ2v) is 4.41. The number of carboxylic acids is 1. The lowest BCUT2D eigenvalue weighted by molar-refractivity contribution is -0.394. The molecule has 1 N–H and O–H groups in total.